The van der Waals surface area contributed by atoms with Gasteiger partial charge in [0.15, 0.2) is 0 Å². The topological polar surface area (TPSA) is 45.8 Å². The number of aromatic amines is 1. The fourth-order valence-corrected chi connectivity index (χ4v) is 4.64. The van der Waals surface area contributed by atoms with Crippen LogP contribution in [-0.2, 0) is 0 Å². The van der Waals surface area contributed by atoms with E-state index in [1.165, 1.54) is 35.2 Å². The first-order chi connectivity index (χ1) is 12.6. The number of nitrogens with one attached hydrogen (secondary N) is 1. The molecule has 0 bridgehead atoms. The first kappa shape index (κ1) is 17.0. The summed E-state index contributed by atoms with van der Waals surface area (Å²) in [4.78, 5) is 22.0. The fourth-order valence-electron chi connectivity index (χ4n) is 2.76. The lowest BCUT2D eigenvalue weighted by molar-refractivity contribution is 0.626. The Morgan fingerprint density at radius 2 is 1.85 bits per heavy atom. The molecule has 0 spiro atoms. The second-order valence-electron chi connectivity index (χ2n) is 5.86. The maximum absolute atomic E-state index is 13.0. The van der Waals surface area contributed by atoms with E-state index in [9.17, 15) is 9.18 Å². The van der Waals surface area contributed by atoms with E-state index in [0.717, 1.165) is 20.9 Å². The van der Waals surface area contributed by atoms with E-state index in [2.05, 4.69) is 9.97 Å². The number of rotatable bonds is 4. The Balaban J connectivity index is 1.69. The lowest BCUT2D eigenvalue weighted by Gasteiger charge is -2.10. The van der Waals surface area contributed by atoms with Gasteiger partial charge in [-0.15, -0.1) is 23.1 Å². The summed E-state index contributed by atoms with van der Waals surface area (Å²) < 4.78 is 13.0. The number of nitrogens with zero attached hydrogens (tertiary/aromatic N) is 1. The molecule has 1 atom stereocenters. The van der Waals surface area contributed by atoms with Crippen molar-refractivity contribution in [1.29, 1.82) is 0 Å². The highest BCUT2D eigenvalue weighted by molar-refractivity contribution is 7.99. The summed E-state index contributed by atoms with van der Waals surface area (Å²) in [6.07, 6.45) is 0. The number of H-pyrrole nitrogens is 1. The Morgan fingerprint density at radius 3 is 2.58 bits per heavy atom. The van der Waals surface area contributed by atoms with Gasteiger partial charge in [0.1, 0.15) is 16.5 Å². The quantitative estimate of drug-likeness (QED) is 0.464. The lowest BCUT2D eigenvalue weighted by atomic mass is 10.1. The van der Waals surface area contributed by atoms with E-state index in [-0.39, 0.29) is 16.6 Å². The number of fused-ring (bicyclic) bond motifs is 1. The lowest BCUT2D eigenvalue weighted by Crippen LogP contribution is -2.12. The summed E-state index contributed by atoms with van der Waals surface area (Å²) in [5.74, 6) is 0.361. The molecule has 4 rings (SSSR count). The number of benzene rings is 2. The third-order valence-corrected chi connectivity index (χ3v) is 6.05. The number of aromatic nitrogens is 2. The standard InChI is InChI=1S/C20H15FN2OS2/c1-12(26-15-9-7-14(21)8-10-15)18-22-19(24)17-16(11-25-20(17)23-18)13-5-3-2-4-6-13/h2-12H,1H3,(H,22,23,24). The molecule has 26 heavy (non-hydrogen) atoms. The van der Waals surface area contributed by atoms with Gasteiger partial charge < -0.3 is 4.98 Å². The average molecular weight is 382 g/mol. The highest BCUT2D eigenvalue weighted by atomic mass is 32.2. The molecule has 3 nitrogen and oxygen atoms in total. The van der Waals surface area contributed by atoms with Gasteiger partial charge in [0.2, 0.25) is 0 Å². The zero-order valence-corrected chi connectivity index (χ0v) is 15.5. The van der Waals surface area contributed by atoms with E-state index in [1.54, 1.807) is 12.1 Å². The molecule has 0 aliphatic heterocycles. The van der Waals surface area contributed by atoms with Crippen molar-refractivity contribution in [2.75, 3.05) is 0 Å². The second kappa shape index (κ2) is 7.05. The smallest absolute Gasteiger partial charge is 0.260 e. The Hall–Kier alpha value is -2.44. The molecule has 2 aromatic heterocycles. The summed E-state index contributed by atoms with van der Waals surface area (Å²) in [7, 11) is 0. The van der Waals surface area contributed by atoms with Gasteiger partial charge in [-0.05, 0) is 36.8 Å². The van der Waals surface area contributed by atoms with Gasteiger partial charge in [-0.2, -0.15) is 0 Å². The summed E-state index contributed by atoms with van der Waals surface area (Å²) in [6, 6.07) is 16.2. The third-order valence-electron chi connectivity index (χ3n) is 4.06. The van der Waals surface area contributed by atoms with E-state index < -0.39 is 0 Å². The normalized spacial score (nSPS) is 12.4. The van der Waals surface area contributed by atoms with Crippen molar-refractivity contribution < 1.29 is 4.39 Å². The molecule has 0 saturated carbocycles. The van der Waals surface area contributed by atoms with Gasteiger partial charge >= 0.3 is 0 Å². The average Bonchev–Trinajstić information content (AvgIpc) is 3.09. The molecular weight excluding hydrogens is 367 g/mol. The van der Waals surface area contributed by atoms with Gasteiger partial charge in [-0.1, -0.05) is 30.3 Å². The Bertz CT molecular complexity index is 1100. The molecule has 0 aliphatic carbocycles. The molecule has 2 aromatic carbocycles. The predicted molar refractivity (Wildman–Crippen MR) is 106 cm³/mol. The fraction of sp³-hybridized carbons (Fsp3) is 0.100. The monoisotopic (exact) mass is 382 g/mol. The van der Waals surface area contributed by atoms with Crippen LogP contribution in [0.25, 0.3) is 21.3 Å². The maximum Gasteiger partial charge on any atom is 0.260 e. The maximum atomic E-state index is 13.0. The van der Waals surface area contributed by atoms with E-state index in [0.29, 0.717) is 11.2 Å². The van der Waals surface area contributed by atoms with Crippen molar-refractivity contribution in [3.63, 3.8) is 0 Å². The van der Waals surface area contributed by atoms with Crippen molar-refractivity contribution >= 4 is 33.3 Å². The second-order valence-corrected chi connectivity index (χ2v) is 8.13. The number of halogens is 1. The molecule has 1 N–H and O–H groups in total. The number of hydrogen-bond donors (Lipinski definition) is 1. The van der Waals surface area contributed by atoms with Crippen LogP contribution in [0.5, 0.6) is 0 Å². The minimum Gasteiger partial charge on any atom is -0.309 e. The molecule has 0 radical (unpaired) electrons. The zero-order chi connectivity index (χ0) is 18.1. The Morgan fingerprint density at radius 1 is 1.12 bits per heavy atom. The third kappa shape index (κ3) is 3.30. The van der Waals surface area contributed by atoms with Gasteiger partial charge in [0.25, 0.3) is 5.56 Å². The van der Waals surface area contributed by atoms with Crippen LogP contribution >= 0.6 is 23.1 Å². The van der Waals surface area contributed by atoms with Crippen LogP contribution in [0.4, 0.5) is 4.39 Å². The molecule has 130 valence electrons. The van der Waals surface area contributed by atoms with Crippen LogP contribution in [0.2, 0.25) is 0 Å². The molecule has 1 unspecified atom stereocenters. The summed E-state index contributed by atoms with van der Waals surface area (Å²) in [5, 5.41) is 2.55. The summed E-state index contributed by atoms with van der Waals surface area (Å²) in [6.45, 7) is 1.98. The van der Waals surface area contributed by atoms with Crippen molar-refractivity contribution in [3.8, 4) is 11.1 Å². The molecule has 0 aliphatic rings. The van der Waals surface area contributed by atoms with E-state index in [4.69, 9.17) is 0 Å². The zero-order valence-electron chi connectivity index (χ0n) is 13.9. The molecule has 2 heterocycles. The van der Waals surface area contributed by atoms with Gasteiger partial charge in [0, 0.05) is 15.8 Å². The molecule has 4 aromatic rings. The first-order valence-corrected chi connectivity index (χ1v) is 9.87. The Labute approximate surface area is 157 Å². The van der Waals surface area contributed by atoms with E-state index >= 15 is 0 Å². The summed E-state index contributed by atoms with van der Waals surface area (Å²) >= 11 is 3.00. The van der Waals surface area contributed by atoms with Gasteiger partial charge in [-0.25, -0.2) is 9.37 Å². The summed E-state index contributed by atoms with van der Waals surface area (Å²) in [5.41, 5.74) is 1.79. The number of hydrogen-bond acceptors (Lipinski definition) is 4. The van der Waals surface area contributed by atoms with Crippen molar-refractivity contribution in [2.24, 2.45) is 0 Å². The van der Waals surface area contributed by atoms with Crippen molar-refractivity contribution in [3.05, 3.63) is 82.0 Å². The SMILES string of the molecule is CC(Sc1ccc(F)cc1)c1nc2scc(-c3ccccc3)c2c(=O)[nH]1. The number of thiophene rings is 1. The first-order valence-electron chi connectivity index (χ1n) is 8.11. The number of thioether (sulfide) groups is 1. The van der Waals surface area contributed by atoms with Crippen LogP contribution in [0.1, 0.15) is 18.0 Å². The minimum absolute atomic E-state index is 0.0557. The van der Waals surface area contributed by atoms with Crippen LogP contribution in [-0.4, -0.2) is 9.97 Å². The largest absolute Gasteiger partial charge is 0.309 e. The van der Waals surface area contributed by atoms with E-state index in [1.807, 2.05) is 42.6 Å². The molecule has 0 fully saturated rings. The van der Waals surface area contributed by atoms with Gasteiger partial charge in [-0.3, -0.25) is 4.79 Å². The Kier molecular flexibility index (Phi) is 4.61. The minimum atomic E-state index is -0.262. The van der Waals surface area contributed by atoms with Crippen molar-refractivity contribution in [1.82, 2.24) is 9.97 Å². The van der Waals surface area contributed by atoms with Crippen molar-refractivity contribution in [2.45, 2.75) is 17.1 Å². The highest BCUT2D eigenvalue weighted by Gasteiger charge is 2.16. The van der Waals surface area contributed by atoms with Gasteiger partial charge in [0.05, 0.1) is 10.6 Å². The van der Waals surface area contributed by atoms with Crippen LogP contribution < -0.4 is 5.56 Å². The molecule has 0 saturated heterocycles. The van der Waals surface area contributed by atoms with Crippen LogP contribution in [0, 0.1) is 5.82 Å². The molecule has 0 amide bonds. The van der Waals surface area contributed by atoms with Crippen LogP contribution in [0.3, 0.4) is 0 Å². The predicted octanol–water partition coefficient (Wildman–Crippen LogP) is 5.64. The highest BCUT2D eigenvalue weighted by Crippen LogP contribution is 2.35. The molecular formula is C20H15FN2OS2. The molecule has 6 heteroatoms. The van der Waals surface area contributed by atoms with Crippen LogP contribution in [0.15, 0.2) is 69.7 Å².